The van der Waals surface area contributed by atoms with E-state index in [2.05, 4.69) is 31.5 Å². The van der Waals surface area contributed by atoms with Crippen molar-refractivity contribution >= 4 is 49.7 Å². The first kappa shape index (κ1) is 15.3. The number of carbonyl (C=O) groups excluding carboxylic acids is 2. The van der Waals surface area contributed by atoms with Gasteiger partial charge in [-0.3, -0.25) is 14.0 Å². The molecule has 0 radical (unpaired) electrons. The van der Waals surface area contributed by atoms with Gasteiger partial charge in [0.1, 0.15) is 4.88 Å². The number of imidazole rings is 1. The van der Waals surface area contributed by atoms with Crippen LogP contribution >= 0.6 is 27.3 Å². The van der Waals surface area contributed by atoms with Crippen molar-refractivity contribution < 1.29 is 9.59 Å². The van der Waals surface area contributed by atoms with E-state index in [1.165, 1.54) is 11.3 Å². The molecule has 1 aromatic carbocycles. The van der Waals surface area contributed by atoms with Gasteiger partial charge in [-0.1, -0.05) is 11.3 Å². The van der Waals surface area contributed by atoms with E-state index in [1.807, 2.05) is 23.6 Å². The monoisotopic (exact) mass is 404 g/mol. The molecule has 1 aliphatic heterocycles. The van der Waals surface area contributed by atoms with Crippen LogP contribution < -0.4 is 10.6 Å². The smallest absolute Gasteiger partial charge is 0.267 e. The summed E-state index contributed by atoms with van der Waals surface area (Å²) in [6.45, 7) is 2.55. The summed E-state index contributed by atoms with van der Waals surface area (Å²) < 4.78 is 2.60. The summed E-state index contributed by atoms with van der Waals surface area (Å²) in [6.07, 6.45) is 4.42. The molecule has 2 N–H and O–H groups in total. The second kappa shape index (κ2) is 5.71. The largest absolute Gasteiger partial charge is 0.352 e. The number of carbonyl (C=O) groups is 2. The first-order chi connectivity index (χ1) is 11.5. The maximum atomic E-state index is 12.5. The van der Waals surface area contributed by atoms with Gasteiger partial charge in [0, 0.05) is 29.0 Å². The molecule has 1 aliphatic rings. The molecular formula is C16H13BrN4O2S. The van der Waals surface area contributed by atoms with Gasteiger partial charge < -0.3 is 10.6 Å². The second-order valence-corrected chi connectivity index (χ2v) is 7.48. The van der Waals surface area contributed by atoms with Gasteiger partial charge >= 0.3 is 0 Å². The molecule has 2 aromatic heterocycles. The highest BCUT2D eigenvalue weighted by atomic mass is 79.9. The van der Waals surface area contributed by atoms with Gasteiger partial charge in [0.25, 0.3) is 11.8 Å². The molecule has 3 heterocycles. The molecule has 0 aliphatic carbocycles. The number of rotatable bonds is 2. The minimum atomic E-state index is -0.222. The number of nitrogens with one attached hydrogen (secondary N) is 2. The number of thiazole rings is 1. The van der Waals surface area contributed by atoms with Crippen molar-refractivity contribution in [3.63, 3.8) is 0 Å². The maximum absolute atomic E-state index is 12.5. The summed E-state index contributed by atoms with van der Waals surface area (Å²) in [5.41, 5.74) is 3.08. The number of benzene rings is 1. The summed E-state index contributed by atoms with van der Waals surface area (Å²) in [6, 6.07) is 3.61. The molecular weight excluding hydrogens is 392 g/mol. The van der Waals surface area contributed by atoms with Gasteiger partial charge in [-0.2, -0.15) is 0 Å². The molecule has 0 saturated heterocycles. The van der Waals surface area contributed by atoms with Gasteiger partial charge in [-0.15, -0.1) is 0 Å². The zero-order valence-electron chi connectivity index (χ0n) is 12.7. The van der Waals surface area contributed by atoms with Crippen LogP contribution in [0.5, 0.6) is 0 Å². The lowest BCUT2D eigenvalue weighted by atomic mass is 10.00. The van der Waals surface area contributed by atoms with Crippen LogP contribution in [0.4, 0.5) is 5.69 Å². The summed E-state index contributed by atoms with van der Waals surface area (Å²) in [7, 11) is 0. The maximum Gasteiger partial charge on any atom is 0.267 e. The molecule has 6 nitrogen and oxygen atoms in total. The Hall–Kier alpha value is -2.19. The Morgan fingerprint density at radius 2 is 2.25 bits per heavy atom. The number of halogens is 1. The fourth-order valence-electron chi connectivity index (χ4n) is 2.74. The number of anilines is 1. The summed E-state index contributed by atoms with van der Waals surface area (Å²) in [4.78, 5) is 30.2. The minimum absolute atomic E-state index is 0.107. The fourth-order valence-corrected chi connectivity index (χ4v) is 4.13. The van der Waals surface area contributed by atoms with E-state index in [1.54, 1.807) is 12.3 Å². The van der Waals surface area contributed by atoms with Crippen LogP contribution in [0, 0.1) is 6.92 Å². The van der Waals surface area contributed by atoms with Crippen molar-refractivity contribution in [2.24, 2.45) is 0 Å². The minimum Gasteiger partial charge on any atom is -0.352 e. The quantitative estimate of drug-likeness (QED) is 0.689. The molecule has 0 atom stereocenters. The van der Waals surface area contributed by atoms with Crippen LogP contribution in [-0.2, 0) is 6.42 Å². The first-order valence-electron chi connectivity index (χ1n) is 7.38. The molecule has 0 saturated carbocycles. The van der Waals surface area contributed by atoms with E-state index < -0.39 is 0 Å². The molecule has 4 rings (SSSR count). The number of fused-ring (bicyclic) bond motifs is 2. The number of nitrogens with zero attached hydrogens (tertiary/aromatic N) is 2. The van der Waals surface area contributed by atoms with E-state index in [-0.39, 0.29) is 11.8 Å². The number of aryl methyl sites for hydroxylation is 1. The summed E-state index contributed by atoms with van der Waals surface area (Å²) in [5.74, 6) is -0.329. The van der Waals surface area contributed by atoms with E-state index in [9.17, 15) is 9.59 Å². The number of hydrogen-bond donors (Lipinski definition) is 2. The lowest BCUT2D eigenvalue weighted by Crippen LogP contribution is -2.32. The Balaban J connectivity index is 1.64. The number of amides is 2. The van der Waals surface area contributed by atoms with Crippen molar-refractivity contribution in [1.29, 1.82) is 0 Å². The molecule has 8 heteroatoms. The van der Waals surface area contributed by atoms with Gasteiger partial charge in [0.15, 0.2) is 4.96 Å². The predicted octanol–water partition coefficient (Wildman–Crippen LogP) is 3.00. The van der Waals surface area contributed by atoms with Gasteiger partial charge in [-0.05, 0) is 47.0 Å². The van der Waals surface area contributed by atoms with Crippen molar-refractivity contribution in [1.82, 2.24) is 14.7 Å². The SMILES string of the molecule is Cc1cn2cc(C(=O)Nc3cc4c(cc3Br)CCNC4=O)sc2n1. The third-order valence-corrected chi connectivity index (χ3v) is 5.52. The van der Waals surface area contributed by atoms with Crippen LogP contribution in [0.25, 0.3) is 4.96 Å². The van der Waals surface area contributed by atoms with Crippen molar-refractivity contribution in [2.45, 2.75) is 13.3 Å². The van der Waals surface area contributed by atoms with Crippen LogP contribution in [0.1, 0.15) is 31.3 Å². The molecule has 0 bridgehead atoms. The van der Waals surface area contributed by atoms with E-state index in [0.717, 1.165) is 27.1 Å². The standard InChI is InChI=1S/C16H13BrN4O2S/c1-8-6-21-7-13(24-16(21)19-8)15(23)20-12-5-10-9(4-11(12)17)2-3-18-14(10)22/h4-7H,2-3H2,1H3,(H,18,22)(H,20,23). The highest BCUT2D eigenvalue weighted by molar-refractivity contribution is 9.10. The summed E-state index contributed by atoms with van der Waals surface area (Å²) in [5, 5.41) is 5.68. The average Bonchev–Trinajstić information content (AvgIpc) is 3.06. The molecule has 0 unspecified atom stereocenters. The van der Waals surface area contributed by atoms with Crippen LogP contribution in [0.15, 0.2) is 29.0 Å². The lowest BCUT2D eigenvalue weighted by molar-refractivity contribution is 0.0944. The van der Waals surface area contributed by atoms with Crippen molar-refractivity contribution in [3.05, 3.63) is 50.7 Å². The highest BCUT2D eigenvalue weighted by Crippen LogP contribution is 2.29. The molecule has 0 spiro atoms. The topological polar surface area (TPSA) is 75.5 Å². The molecule has 0 fully saturated rings. The van der Waals surface area contributed by atoms with Crippen LogP contribution in [0.2, 0.25) is 0 Å². The van der Waals surface area contributed by atoms with Crippen molar-refractivity contribution in [2.75, 3.05) is 11.9 Å². The van der Waals surface area contributed by atoms with Crippen molar-refractivity contribution in [3.8, 4) is 0 Å². The zero-order valence-corrected chi connectivity index (χ0v) is 15.1. The molecule has 2 amide bonds. The normalized spacial score (nSPS) is 13.7. The Bertz CT molecular complexity index is 960. The average molecular weight is 405 g/mol. The molecule has 24 heavy (non-hydrogen) atoms. The second-order valence-electron chi connectivity index (χ2n) is 5.62. The highest BCUT2D eigenvalue weighted by Gasteiger charge is 2.20. The predicted molar refractivity (Wildman–Crippen MR) is 95.9 cm³/mol. The fraction of sp³-hybridized carbons (Fsp3) is 0.188. The third-order valence-electron chi connectivity index (χ3n) is 3.87. The Kier molecular flexibility index (Phi) is 3.65. The zero-order chi connectivity index (χ0) is 16.8. The van der Waals surface area contributed by atoms with Gasteiger partial charge in [0.05, 0.1) is 11.4 Å². The first-order valence-corrected chi connectivity index (χ1v) is 8.99. The van der Waals surface area contributed by atoms with E-state index in [0.29, 0.717) is 22.7 Å². The van der Waals surface area contributed by atoms with Gasteiger partial charge in [0.2, 0.25) is 0 Å². The van der Waals surface area contributed by atoms with Gasteiger partial charge in [-0.25, -0.2) is 4.98 Å². The Labute approximate surface area is 150 Å². The molecule has 3 aromatic rings. The van der Waals surface area contributed by atoms with E-state index >= 15 is 0 Å². The Morgan fingerprint density at radius 3 is 3.04 bits per heavy atom. The summed E-state index contributed by atoms with van der Waals surface area (Å²) >= 11 is 4.80. The number of aromatic nitrogens is 2. The number of hydrogen-bond acceptors (Lipinski definition) is 4. The lowest BCUT2D eigenvalue weighted by Gasteiger charge is -2.18. The Morgan fingerprint density at radius 1 is 1.42 bits per heavy atom. The van der Waals surface area contributed by atoms with Crippen LogP contribution in [-0.4, -0.2) is 27.7 Å². The third kappa shape index (κ3) is 2.61. The van der Waals surface area contributed by atoms with E-state index in [4.69, 9.17) is 0 Å². The molecule has 122 valence electrons. The van der Waals surface area contributed by atoms with Crippen LogP contribution in [0.3, 0.4) is 0 Å².